The number of pyridine rings is 1. The summed E-state index contributed by atoms with van der Waals surface area (Å²) < 4.78 is 0. The molecule has 1 atom stereocenters. The SMILES string of the molecule is CCc1nnc(Nc2cccc([C@H]3CCCN(C(=O)CC4CCN(CC)CC4)C3)n2)s1. The van der Waals surface area contributed by atoms with Crippen LogP contribution < -0.4 is 5.32 Å². The third-order valence-corrected chi connectivity index (χ3v) is 7.57. The molecule has 0 unspecified atom stereocenters. The van der Waals surface area contributed by atoms with Gasteiger partial charge in [-0.25, -0.2) is 4.98 Å². The summed E-state index contributed by atoms with van der Waals surface area (Å²) in [7, 11) is 0. The van der Waals surface area contributed by atoms with Crippen molar-refractivity contribution in [3.8, 4) is 0 Å². The Morgan fingerprint density at radius 1 is 1.16 bits per heavy atom. The second kappa shape index (κ2) is 10.5. The lowest BCUT2D eigenvalue weighted by molar-refractivity contribution is -0.133. The van der Waals surface area contributed by atoms with Gasteiger partial charge in [-0.2, -0.15) is 0 Å². The van der Waals surface area contributed by atoms with Crippen LogP contribution in [0, 0.1) is 5.92 Å². The van der Waals surface area contributed by atoms with Crippen molar-refractivity contribution in [1.82, 2.24) is 25.0 Å². The lowest BCUT2D eigenvalue weighted by atomic mass is 9.91. The molecule has 4 rings (SSSR count). The fourth-order valence-electron chi connectivity index (χ4n) is 4.63. The smallest absolute Gasteiger partial charge is 0.222 e. The Hall–Kier alpha value is -2.06. The summed E-state index contributed by atoms with van der Waals surface area (Å²) >= 11 is 1.56. The Balaban J connectivity index is 1.34. The van der Waals surface area contributed by atoms with Crippen molar-refractivity contribution in [3.63, 3.8) is 0 Å². The number of carbonyl (C=O) groups excluding carboxylic acids is 1. The molecule has 1 amide bonds. The van der Waals surface area contributed by atoms with Gasteiger partial charge in [0, 0.05) is 31.1 Å². The normalized spacial score (nSPS) is 20.7. The van der Waals surface area contributed by atoms with E-state index in [2.05, 4.69) is 45.2 Å². The van der Waals surface area contributed by atoms with E-state index < -0.39 is 0 Å². The topological polar surface area (TPSA) is 74.2 Å². The highest BCUT2D eigenvalue weighted by molar-refractivity contribution is 7.15. The molecule has 2 aliphatic rings. The van der Waals surface area contributed by atoms with Gasteiger partial charge < -0.3 is 15.1 Å². The minimum Gasteiger partial charge on any atom is -0.342 e. The second-order valence-electron chi connectivity index (χ2n) is 8.69. The summed E-state index contributed by atoms with van der Waals surface area (Å²) in [6.07, 6.45) is 6.01. The predicted octanol–water partition coefficient (Wildman–Crippen LogP) is 4.07. The van der Waals surface area contributed by atoms with E-state index in [4.69, 9.17) is 4.98 Å². The molecule has 4 heterocycles. The molecule has 2 aromatic heterocycles. The highest BCUT2D eigenvalue weighted by Gasteiger charge is 2.28. The van der Waals surface area contributed by atoms with E-state index in [1.54, 1.807) is 11.3 Å². The van der Waals surface area contributed by atoms with Crippen molar-refractivity contribution in [2.45, 2.75) is 58.3 Å². The minimum atomic E-state index is 0.294. The summed E-state index contributed by atoms with van der Waals surface area (Å²) in [5.41, 5.74) is 1.05. The largest absolute Gasteiger partial charge is 0.342 e. The van der Waals surface area contributed by atoms with Gasteiger partial charge in [0.2, 0.25) is 11.0 Å². The van der Waals surface area contributed by atoms with Gasteiger partial charge >= 0.3 is 0 Å². The van der Waals surface area contributed by atoms with E-state index in [1.807, 2.05) is 12.1 Å². The van der Waals surface area contributed by atoms with Gasteiger partial charge in [0.1, 0.15) is 10.8 Å². The van der Waals surface area contributed by atoms with E-state index in [1.165, 1.54) is 0 Å². The molecule has 1 N–H and O–H groups in total. The van der Waals surface area contributed by atoms with Gasteiger partial charge in [0.15, 0.2) is 0 Å². The molecule has 2 saturated heterocycles. The van der Waals surface area contributed by atoms with E-state index in [0.29, 0.717) is 24.2 Å². The van der Waals surface area contributed by atoms with E-state index in [-0.39, 0.29) is 0 Å². The molecule has 8 heteroatoms. The highest BCUT2D eigenvalue weighted by Crippen LogP contribution is 2.29. The molecule has 0 aliphatic carbocycles. The first-order valence-electron chi connectivity index (χ1n) is 11.7. The monoisotopic (exact) mass is 442 g/mol. The zero-order valence-electron chi connectivity index (χ0n) is 18.7. The summed E-state index contributed by atoms with van der Waals surface area (Å²) in [6.45, 7) is 9.34. The van der Waals surface area contributed by atoms with E-state index in [9.17, 15) is 4.79 Å². The van der Waals surface area contributed by atoms with Crippen molar-refractivity contribution in [2.24, 2.45) is 5.92 Å². The number of nitrogens with zero attached hydrogens (tertiary/aromatic N) is 5. The maximum absolute atomic E-state index is 13.0. The molecular weight excluding hydrogens is 408 g/mol. The van der Waals surface area contributed by atoms with Crippen molar-refractivity contribution in [1.29, 1.82) is 0 Å². The first kappa shape index (κ1) is 22.1. The van der Waals surface area contributed by atoms with Crippen LogP contribution in [0.3, 0.4) is 0 Å². The Labute approximate surface area is 189 Å². The van der Waals surface area contributed by atoms with E-state index >= 15 is 0 Å². The molecule has 31 heavy (non-hydrogen) atoms. The second-order valence-corrected chi connectivity index (χ2v) is 9.75. The molecular formula is C23H34N6OS. The number of carbonyl (C=O) groups is 1. The predicted molar refractivity (Wildman–Crippen MR) is 125 cm³/mol. The maximum Gasteiger partial charge on any atom is 0.222 e. The number of rotatable bonds is 7. The van der Waals surface area contributed by atoms with Crippen LogP contribution >= 0.6 is 11.3 Å². The van der Waals surface area contributed by atoms with Crippen molar-refractivity contribution in [2.75, 3.05) is 38.0 Å². The average molecular weight is 443 g/mol. The lowest BCUT2D eigenvalue weighted by Gasteiger charge is -2.35. The number of hydrogen-bond acceptors (Lipinski definition) is 7. The van der Waals surface area contributed by atoms with Crippen molar-refractivity contribution < 1.29 is 4.79 Å². The number of nitrogens with one attached hydrogen (secondary N) is 1. The van der Waals surface area contributed by atoms with Crippen LogP contribution in [-0.4, -0.2) is 63.6 Å². The molecule has 0 spiro atoms. The van der Waals surface area contributed by atoms with Crippen LogP contribution in [0.15, 0.2) is 18.2 Å². The van der Waals surface area contributed by atoms with Gasteiger partial charge in [0.05, 0.1) is 0 Å². The molecule has 168 valence electrons. The number of piperidine rings is 2. The third kappa shape index (κ3) is 5.80. The summed E-state index contributed by atoms with van der Waals surface area (Å²) in [4.78, 5) is 22.4. The van der Waals surface area contributed by atoms with Gasteiger partial charge in [-0.15, -0.1) is 10.2 Å². The van der Waals surface area contributed by atoms with Crippen molar-refractivity contribution >= 4 is 28.2 Å². The lowest BCUT2D eigenvalue weighted by Crippen LogP contribution is -2.41. The number of amides is 1. The molecule has 0 saturated carbocycles. The van der Waals surface area contributed by atoms with Gasteiger partial charge in [-0.3, -0.25) is 4.79 Å². The fraction of sp³-hybridized carbons (Fsp3) is 0.652. The zero-order chi connectivity index (χ0) is 21.6. The molecule has 2 aliphatic heterocycles. The summed E-state index contributed by atoms with van der Waals surface area (Å²) in [5, 5.41) is 13.4. The molecule has 0 bridgehead atoms. The number of hydrogen-bond donors (Lipinski definition) is 1. The fourth-order valence-corrected chi connectivity index (χ4v) is 5.32. The van der Waals surface area contributed by atoms with Gasteiger partial charge in [0.25, 0.3) is 0 Å². The Kier molecular flexibility index (Phi) is 7.50. The molecule has 2 fully saturated rings. The zero-order valence-corrected chi connectivity index (χ0v) is 19.5. The Morgan fingerprint density at radius 3 is 2.74 bits per heavy atom. The number of anilines is 2. The first-order valence-corrected chi connectivity index (χ1v) is 12.5. The van der Waals surface area contributed by atoms with Crippen LogP contribution in [-0.2, 0) is 11.2 Å². The van der Waals surface area contributed by atoms with Gasteiger partial charge in [-0.05, 0) is 69.8 Å². The molecule has 7 nitrogen and oxygen atoms in total. The quantitative estimate of drug-likeness (QED) is 0.697. The van der Waals surface area contributed by atoms with Crippen molar-refractivity contribution in [3.05, 3.63) is 28.9 Å². The number of likely N-dealkylation sites (tertiary alicyclic amines) is 2. The Bertz CT molecular complexity index is 863. The standard InChI is InChI=1S/C23H34N6OS/c1-3-21-26-27-23(31-21)25-20-9-5-8-19(24-20)18-7-6-12-29(16-18)22(30)15-17-10-13-28(4-2)14-11-17/h5,8-9,17-18H,3-4,6-7,10-16H2,1-2H3,(H,24,25,27)/t18-/m0/s1. The Morgan fingerprint density at radius 2 is 2.00 bits per heavy atom. The third-order valence-electron chi connectivity index (χ3n) is 6.58. The van der Waals surface area contributed by atoms with Crippen LogP contribution in [0.25, 0.3) is 0 Å². The highest BCUT2D eigenvalue weighted by atomic mass is 32.1. The molecule has 2 aromatic rings. The summed E-state index contributed by atoms with van der Waals surface area (Å²) in [5.74, 6) is 1.96. The summed E-state index contributed by atoms with van der Waals surface area (Å²) in [6, 6.07) is 6.08. The molecule has 0 aromatic carbocycles. The van der Waals surface area contributed by atoms with Gasteiger partial charge in [-0.1, -0.05) is 31.3 Å². The minimum absolute atomic E-state index is 0.294. The number of aromatic nitrogens is 3. The van der Waals surface area contributed by atoms with Crippen LogP contribution in [0.2, 0.25) is 0 Å². The van der Waals surface area contributed by atoms with Crippen LogP contribution in [0.5, 0.6) is 0 Å². The average Bonchev–Trinajstić information content (AvgIpc) is 3.27. The first-order chi connectivity index (χ1) is 15.1. The number of aryl methyl sites for hydroxylation is 1. The van der Waals surface area contributed by atoms with E-state index in [0.717, 1.165) is 86.5 Å². The maximum atomic E-state index is 13.0. The van der Waals surface area contributed by atoms with Crippen LogP contribution in [0.1, 0.15) is 62.6 Å². The molecule has 0 radical (unpaired) electrons. The van der Waals surface area contributed by atoms with Crippen LogP contribution in [0.4, 0.5) is 10.9 Å².